The van der Waals surface area contributed by atoms with Gasteiger partial charge in [-0.25, -0.2) is 4.98 Å². The van der Waals surface area contributed by atoms with E-state index in [0.717, 1.165) is 55.5 Å². The Balaban J connectivity index is 1.95. The van der Waals surface area contributed by atoms with Crippen LogP contribution in [0.4, 0.5) is 5.82 Å². The zero-order valence-corrected chi connectivity index (χ0v) is 11.4. The molecule has 0 amide bonds. The van der Waals surface area contributed by atoms with Crippen molar-refractivity contribution in [3.05, 3.63) is 30.5 Å². The summed E-state index contributed by atoms with van der Waals surface area (Å²) in [6.45, 7) is 8.79. The summed E-state index contributed by atoms with van der Waals surface area (Å²) in [5.41, 5.74) is 2.17. The summed E-state index contributed by atoms with van der Waals surface area (Å²) >= 11 is 0. The molecule has 1 aromatic rings. The van der Waals surface area contributed by atoms with Gasteiger partial charge in [-0.2, -0.15) is 0 Å². The van der Waals surface area contributed by atoms with Gasteiger partial charge in [-0.15, -0.1) is 0 Å². The number of anilines is 1. The van der Waals surface area contributed by atoms with Crippen LogP contribution in [-0.2, 0) is 4.74 Å². The van der Waals surface area contributed by atoms with Crippen LogP contribution in [0.5, 0.6) is 0 Å². The molecule has 0 unspecified atom stereocenters. The summed E-state index contributed by atoms with van der Waals surface area (Å²) in [7, 11) is 2.11. The van der Waals surface area contributed by atoms with Crippen molar-refractivity contribution in [1.29, 1.82) is 0 Å². The lowest BCUT2D eigenvalue weighted by atomic mass is 10.00. The van der Waals surface area contributed by atoms with Gasteiger partial charge in [0.1, 0.15) is 5.82 Å². The maximum Gasteiger partial charge on any atom is 0.128 e. The minimum atomic E-state index is 0.728. The fraction of sp³-hybridized carbons (Fsp3) is 0.533. The summed E-state index contributed by atoms with van der Waals surface area (Å²) in [4.78, 5) is 6.73. The number of ether oxygens (including phenoxy) is 1. The van der Waals surface area contributed by atoms with Gasteiger partial charge in [0.05, 0.1) is 0 Å². The van der Waals surface area contributed by atoms with E-state index in [0.29, 0.717) is 0 Å². The van der Waals surface area contributed by atoms with Crippen LogP contribution in [-0.4, -0.2) is 31.8 Å². The molecule has 0 N–H and O–H groups in total. The largest absolute Gasteiger partial charge is 0.381 e. The van der Waals surface area contributed by atoms with Gasteiger partial charge in [-0.3, -0.25) is 0 Å². The molecule has 1 aliphatic rings. The summed E-state index contributed by atoms with van der Waals surface area (Å²) in [6, 6.07) is 4.16. The average Bonchev–Trinajstić information content (AvgIpc) is 2.40. The molecule has 0 saturated carbocycles. The van der Waals surface area contributed by atoms with E-state index in [1.54, 1.807) is 0 Å². The Morgan fingerprint density at radius 3 is 2.72 bits per heavy atom. The van der Waals surface area contributed by atoms with E-state index in [1.165, 1.54) is 0 Å². The maximum absolute atomic E-state index is 5.39. The lowest BCUT2D eigenvalue weighted by Crippen LogP contribution is -2.30. The minimum Gasteiger partial charge on any atom is -0.381 e. The average molecular weight is 246 g/mol. The van der Waals surface area contributed by atoms with Crippen molar-refractivity contribution >= 4 is 11.4 Å². The van der Waals surface area contributed by atoms with E-state index in [1.807, 2.05) is 13.1 Å². The molecule has 0 aromatic carbocycles. The molecule has 1 aromatic heterocycles. The van der Waals surface area contributed by atoms with Gasteiger partial charge in [0.25, 0.3) is 0 Å². The Labute approximate surface area is 109 Å². The van der Waals surface area contributed by atoms with Gasteiger partial charge in [-0.1, -0.05) is 6.58 Å². The molecule has 0 radical (unpaired) electrons. The van der Waals surface area contributed by atoms with Crippen molar-refractivity contribution in [2.24, 2.45) is 5.92 Å². The monoisotopic (exact) mass is 246 g/mol. The molecular weight excluding hydrogens is 224 g/mol. The maximum atomic E-state index is 5.39. The Kier molecular flexibility index (Phi) is 4.37. The normalized spacial score (nSPS) is 16.6. The highest BCUT2D eigenvalue weighted by molar-refractivity contribution is 5.61. The lowest BCUT2D eigenvalue weighted by Gasteiger charge is -2.27. The van der Waals surface area contributed by atoms with Gasteiger partial charge in [-0.05, 0) is 49.0 Å². The second-order valence-corrected chi connectivity index (χ2v) is 5.12. The summed E-state index contributed by atoms with van der Waals surface area (Å²) in [5.74, 6) is 1.76. The van der Waals surface area contributed by atoms with Crippen LogP contribution >= 0.6 is 0 Å². The number of hydrogen-bond acceptors (Lipinski definition) is 3. The van der Waals surface area contributed by atoms with Gasteiger partial charge < -0.3 is 9.64 Å². The fourth-order valence-electron chi connectivity index (χ4n) is 2.27. The van der Waals surface area contributed by atoms with E-state index in [9.17, 15) is 0 Å². The zero-order valence-electron chi connectivity index (χ0n) is 11.4. The van der Waals surface area contributed by atoms with E-state index >= 15 is 0 Å². The molecule has 18 heavy (non-hydrogen) atoms. The standard InChI is InChI=1S/C15H22N2O/c1-12(2)14-4-5-15(16-10-14)17(3)11-13-6-8-18-9-7-13/h4-5,10,13H,1,6-9,11H2,2-3H3. The SMILES string of the molecule is C=C(C)c1ccc(N(C)CC2CCOCC2)nc1. The van der Waals surface area contributed by atoms with Crippen LogP contribution in [0.25, 0.3) is 5.57 Å². The van der Waals surface area contributed by atoms with Gasteiger partial charge >= 0.3 is 0 Å². The summed E-state index contributed by atoms with van der Waals surface area (Å²) < 4.78 is 5.39. The molecule has 0 atom stereocenters. The summed E-state index contributed by atoms with van der Waals surface area (Å²) in [6.07, 6.45) is 4.22. The topological polar surface area (TPSA) is 25.4 Å². The number of pyridine rings is 1. The molecular formula is C15H22N2O. The molecule has 0 bridgehead atoms. The number of aromatic nitrogens is 1. The minimum absolute atomic E-state index is 0.728. The number of hydrogen-bond donors (Lipinski definition) is 0. The smallest absolute Gasteiger partial charge is 0.128 e. The van der Waals surface area contributed by atoms with Gasteiger partial charge in [0, 0.05) is 33.0 Å². The highest BCUT2D eigenvalue weighted by Crippen LogP contribution is 2.19. The number of nitrogens with zero attached hydrogens (tertiary/aromatic N) is 2. The first-order valence-electron chi connectivity index (χ1n) is 6.57. The molecule has 1 saturated heterocycles. The predicted octanol–water partition coefficient (Wildman–Crippen LogP) is 2.98. The Bertz CT molecular complexity index is 393. The van der Waals surface area contributed by atoms with Crippen molar-refractivity contribution in [1.82, 2.24) is 4.98 Å². The van der Waals surface area contributed by atoms with E-state index in [4.69, 9.17) is 4.74 Å². The molecule has 3 heteroatoms. The van der Waals surface area contributed by atoms with Gasteiger partial charge in [0.2, 0.25) is 0 Å². The molecule has 1 fully saturated rings. The summed E-state index contributed by atoms with van der Waals surface area (Å²) in [5, 5.41) is 0. The molecule has 3 nitrogen and oxygen atoms in total. The van der Waals surface area contributed by atoms with Crippen molar-refractivity contribution in [3.63, 3.8) is 0 Å². The second kappa shape index (κ2) is 6.01. The lowest BCUT2D eigenvalue weighted by molar-refractivity contribution is 0.0685. The highest BCUT2D eigenvalue weighted by atomic mass is 16.5. The van der Waals surface area contributed by atoms with Crippen LogP contribution in [0.15, 0.2) is 24.9 Å². The van der Waals surface area contributed by atoms with Crippen molar-refractivity contribution < 1.29 is 4.74 Å². The van der Waals surface area contributed by atoms with Crippen molar-refractivity contribution in [2.75, 3.05) is 31.7 Å². The molecule has 0 aliphatic carbocycles. The van der Waals surface area contributed by atoms with Crippen LogP contribution in [0.1, 0.15) is 25.3 Å². The quantitative estimate of drug-likeness (QED) is 0.816. The first kappa shape index (κ1) is 13.1. The third kappa shape index (κ3) is 3.33. The highest BCUT2D eigenvalue weighted by Gasteiger charge is 2.16. The first-order valence-corrected chi connectivity index (χ1v) is 6.57. The third-order valence-electron chi connectivity index (χ3n) is 3.50. The molecule has 98 valence electrons. The van der Waals surface area contributed by atoms with Crippen LogP contribution in [0, 0.1) is 5.92 Å². The zero-order chi connectivity index (χ0) is 13.0. The van der Waals surface area contributed by atoms with Crippen molar-refractivity contribution in [3.8, 4) is 0 Å². The predicted molar refractivity (Wildman–Crippen MR) is 75.8 cm³/mol. The van der Waals surface area contributed by atoms with Crippen LogP contribution in [0.2, 0.25) is 0 Å². The van der Waals surface area contributed by atoms with Crippen LogP contribution in [0.3, 0.4) is 0 Å². The van der Waals surface area contributed by atoms with E-state index in [-0.39, 0.29) is 0 Å². The van der Waals surface area contributed by atoms with E-state index in [2.05, 4.69) is 35.6 Å². The fourth-order valence-corrected chi connectivity index (χ4v) is 2.27. The Hall–Kier alpha value is -1.35. The van der Waals surface area contributed by atoms with Gasteiger partial charge in [0.15, 0.2) is 0 Å². The molecule has 0 spiro atoms. The van der Waals surface area contributed by atoms with E-state index < -0.39 is 0 Å². The molecule has 2 rings (SSSR count). The Morgan fingerprint density at radius 1 is 1.44 bits per heavy atom. The first-order chi connectivity index (χ1) is 8.66. The number of rotatable bonds is 4. The third-order valence-corrected chi connectivity index (χ3v) is 3.50. The number of allylic oxidation sites excluding steroid dienone is 1. The Morgan fingerprint density at radius 2 is 2.17 bits per heavy atom. The second-order valence-electron chi connectivity index (χ2n) is 5.12. The molecule has 2 heterocycles. The van der Waals surface area contributed by atoms with Crippen LogP contribution < -0.4 is 4.90 Å². The molecule has 1 aliphatic heterocycles. The van der Waals surface area contributed by atoms with Crippen molar-refractivity contribution in [2.45, 2.75) is 19.8 Å².